The molecule has 6 nitrogen and oxygen atoms in total. The molecule has 8 heteroatoms. The average molecular weight is 329 g/mol. The number of carboxylic acids is 1. The van der Waals surface area contributed by atoms with Crippen LogP contribution in [0, 0.1) is 0 Å². The van der Waals surface area contributed by atoms with E-state index >= 15 is 0 Å². The lowest BCUT2D eigenvalue weighted by Crippen LogP contribution is -2.29. The summed E-state index contributed by atoms with van der Waals surface area (Å²) < 4.78 is 25.5. The predicted octanol–water partition coefficient (Wildman–Crippen LogP) is 1.34. The first kappa shape index (κ1) is 17.4. The Morgan fingerprint density at radius 2 is 1.90 bits per heavy atom. The van der Waals surface area contributed by atoms with Gasteiger partial charge in [0, 0.05) is 12.7 Å². The Morgan fingerprint density at radius 3 is 2.43 bits per heavy atom. The molecule has 0 atom stereocenters. The molecule has 0 unspecified atom stereocenters. The van der Waals surface area contributed by atoms with E-state index in [1.54, 1.807) is 24.3 Å². The second-order valence-electron chi connectivity index (χ2n) is 3.99. The van der Waals surface area contributed by atoms with Gasteiger partial charge in [0.15, 0.2) is 5.12 Å². The van der Waals surface area contributed by atoms with E-state index in [1.165, 1.54) is 30.8 Å². The fourth-order valence-corrected chi connectivity index (χ4v) is 2.75. The lowest BCUT2D eigenvalue weighted by atomic mass is 10.2. The maximum atomic E-state index is 11.7. The maximum Gasteiger partial charge on any atom is 0.318 e. The van der Waals surface area contributed by atoms with Crippen LogP contribution in [0.3, 0.4) is 0 Å². The van der Waals surface area contributed by atoms with Crippen LogP contribution in [0.4, 0.5) is 0 Å². The number of hydrogen-bond acceptors (Lipinski definition) is 5. The molecular formula is C13H15NO5S2. The number of hydrogen-bond donors (Lipinski definition) is 2. The summed E-state index contributed by atoms with van der Waals surface area (Å²) in [6.07, 6.45) is 3.58. The molecule has 0 aliphatic carbocycles. The number of thioether (sulfide) groups is 1. The zero-order valence-corrected chi connectivity index (χ0v) is 12.9. The van der Waals surface area contributed by atoms with Crippen molar-refractivity contribution in [2.75, 3.05) is 12.3 Å². The minimum atomic E-state index is -3.81. The Hall–Kier alpha value is -1.64. The number of carbonyl (C=O) groups is 2. The third kappa shape index (κ3) is 6.56. The molecule has 0 heterocycles. The normalized spacial score (nSPS) is 11.7. The Morgan fingerprint density at radius 1 is 1.29 bits per heavy atom. The molecular weight excluding hydrogens is 314 g/mol. The largest absolute Gasteiger partial charge is 0.480 e. The summed E-state index contributed by atoms with van der Waals surface area (Å²) in [6, 6.07) is 5.98. The summed E-state index contributed by atoms with van der Waals surface area (Å²) in [6.45, 7) is 0.828. The Kier molecular flexibility index (Phi) is 6.60. The van der Waals surface area contributed by atoms with Gasteiger partial charge in [-0.2, -0.15) is 4.72 Å². The first-order valence-corrected chi connectivity index (χ1v) is 8.39. The average Bonchev–Trinajstić information content (AvgIpc) is 2.42. The molecule has 0 saturated heterocycles. The molecule has 0 fully saturated rings. The number of rotatable bonds is 7. The van der Waals surface area contributed by atoms with Crippen molar-refractivity contribution in [3.8, 4) is 0 Å². The molecule has 0 spiro atoms. The highest BCUT2D eigenvalue weighted by molar-refractivity contribution is 8.13. The van der Waals surface area contributed by atoms with Crippen molar-refractivity contribution in [3.63, 3.8) is 0 Å². The van der Waals surface area contributed by atoms with Crippen LogP contribution in [-0.2, 0) is 19.6 Å². The summed E-state index contributed by atoms with van der Waals surface area (Å²) in [7, 11) is -3.81. The van der Waals surface area contributed by atoms with Gasteiger partial charge in [0.2, 0.25) is 10.0 Å². The van der Waals surface area contributed by atoms with Gasteiger partial charge >= 0.3 is 5.97 Å². The summed E-state index contributed by atoms with van der Waals surface area (Å²) in [5.74, 6) is -0.698. The van der Waals surface area contributed by atoms with Gasteiger partial charge in [-0.3, -0.25) is 9.59 Å². The first-order chi connectivity index (χ1) is 9.81. The van der Waals surface area contributed by atoms with E-state index in [9.17, 15) is 18.0 Å². The van der Waals surface area contributed by atoms with Gasteiger partial charge in [-0.25, -0.2) is 8.42 Å². The maximum absolute atomic E-state index is 11.7. The number of sulfonamides is 1. The van der Waals surface area contributed by atoms with Gasteiger partial charge in [0.1, 0.15) is 6.54 Å². The van der Waals surface area contributed by atoms with E-state index in [4.69, 9.17) is 5.11 Å². The molecule has 2 N–H and O–H groups in total. The topological polar surface area (TPSA) is 101 Å². The molecule has 1 rings (SSSR count). The quantitative estimate of drug-likeness (QED) is 0.783. The van der Waals surface area contributed by atoms with Crippen molar-refractivity contribution in [2.24, 2.45) is 0 Å². The zero-order chi connectivity index (χ0) is 15.9. The van der Waals surface area contributed by atoms with Crippen molar-refractivity contribution in [1.29, 1.82) is 0 Å². The van der Waals surface area contributed by atoms with Crippen LogP contribution in [0.1, 0.15) is 12.5 Å². The van der Waals surface area contributed by atoms with E-state index in [0.29, 0.717) is 5.75 Å². The SMILES string of the molecule is CC(=O)SCC=Cc1ccc(S(=O)(=O)NCC(=O)O)cc1. The number of aliphatic carboxylic acids is 1. The van der Waals surface area contributed by atoms with Crippen LogP contribution in [0.5, 0.6) is 0 Å². The van der Waals surface area contributed by atoms with Crippen LogP contribution in [0.25, 0.3) is 6.08 Å². The van der Waals surface area contributed by atoms with Gasteiger partial charge < -0.3 is 5.11 Å². The Balaban J connectivity index is 2.69. The fraction of sp³-hybridized carbons (Fsp3) is 0.231. The molecule has 0 aliphatic rings. The molecule has 0 bridgehead atoms. The van der Waals surface area contributed by atoms with Crippen molar-refractivity contribution in [1.82, 2.24) is 4.72 Å². The van der Waals surface area contributed by atoms with Crippen molar-refractivity contribution in [2.45, 2.75) is 11.8 Å². The lowest BCUT2D eigenvalue weighted by molar-refractivity contribution is -0.135. The highest BCUT2D eigenvalue weighted by Gasteiger charge is 2.14. The molecule has 0 saturated carbocycles. The van der Waals surface area contributed by atoms with Gasteiger partial charge in [0.25, 0.3) is 0 Å². The van der Waals surface area contributed by atoms with Gasteiger partial charge in [-0.1, -0.05) is 36.0 Å². The smallest absolute Gasteiger partial charge is 0.318 e. The lowest BCUT2D eigenvalue weighted by Gasteiger charge is -2.04. The molecule has 0 amide bonds. The predicted molar refractivity (Wildman–Crippen MR) is 81.4 cm³/mol. The van der Waals surface area contributed by atoms with E-state index in [-0.39, 0.29) is 10.0 Å². The first-order valence-electron chi connectivity index (χ1n) is 5.92. The van der Waals surface area contributed by atoms with Gasteiger partial charge in [0.05, 0.1) is 4.90 Å². The van der Waals surface area contributed by atoms with Gasteiger partial charge in [-0.15, -0.1) is 0 Å². The second-order valence-corrected chi connectivity index (χ2v) is 6.96. The third-order valence-electron chi connectivity index (χ3n) is 2.30. The number of carboxylic acid groups (broad SMARTS) is 1. The number of nitrogens with one attached hydrogen (secondary N) is 1. The van der Waals surface area contributed by atoms with Crippen molar-refractivity contribution >= 4 is 38.9 Å². The highest BCUT2D eigenvalue weighted by atomic mass is 32.2. The molecule has 114 valence electrons. The van der Waals surface area contributed by atoms with Crippen LogP contribution in [-0.4, -0.2) is 36.9 Å². The van der Waals surface area contributed by atoms with E-state index in [1.807, 2.05) is 4.72 Å². The summed E-state index contributed by atoms with van der Waals surface area (Å²) in [4.78, 5) is 21.1. The zero-order valence-electron chi connectivity index (χ0n) is 11.3. The van der Waals surface area contributed by atoms with Crippen LogP contribution in [0.15, 0.2) is 35.2 Å². The van der Waals surface area contributed by atoms with Crippen molar-refractivity contribution in [3.05, 3.63) is 35.9 Å². The summed E-state index contributed by atoms with van der Waals surface area (Å²) in [5, 5.41) is 8.50. The summed E-state index contributed by atoms with van der Waals surface area (Å²) >= 11 is 1.18. The Bertz CT molecular complexity index is 635. The molecule has 1 aromatic rings. The molecule has 0 radical (unpaired) electrons. The van der Waals surface area contributed by atoms with Crippen LogP contribution in [0.2, 0.25) is 0 Å². The van der Waals surface area contributed by atoms with Crippen LogP contribution < -0.4 is 4.72 Å². The molecule has 21 heavy (non-hydrogen) atoms. The van der Waals surface area contributed by atoms with E-state index in [0.717, 1.165) is 5.56 Å². The number of benzene rings is 1. The standard InChI is InChI=1S/C13H15NO5S2/c1-10(15)20-8-2-3-11-4-6-12(7-5-11)21(18,19)14-9-13(16)17/h2-7,14H,8-9H2,1H3,(H,16,17). The van der Waals surface area contributed by atoms with Crippen molar-refractivity contribution < 1.29 is 23.1 Å². The Labute approximate surface area is 127 Å². The van der Waals surface area contributed by atoms with Crippen LogP contribution >= 0.6 is 11.8 Å². The minimum absolute atomic E-state index is 0.000916. The highest BCUT2D eigenvalue weighted by Crippen LogP contribution is 2.12. The minimum Gasteiger partial charge on any atom is -0.480 e. The van der Waals surface area contributed by atoms with E-state index in [2.05, 4.69) is 0 Å². The van der Waals surface area contributed by atoms with Gasteiger partial charge in [-0.05, 0) is 17.7 Å². The molecule has 0 aromatic heterocycles. The van der Waals surface area contributed by atoms with E-state index < -0.39 is 22.5 Å². The monoisotopic (exact) mass is 329 g/mol. The number of carbonyl (C=O) groups excluding carboxylic acids is 1. The molecule has 1 aromatic carbocycles. The second kappa shape index (κ2) is 7.96. The molecule has 0 aliphatic heterocycles. The fourth-order valence-electron chi connectivity index (χ4n) is 1.35. The summed E-state index contributed by atoms with van der Waals surface area (Å²) in [5.41, 5.74) is 0.788. The third-order valence-corrected chi connectivity index (χ3v) is 4.48.